The lowest BCUT2D eigenvalue weighted by molar-refractivity contribution is -0.136. The first-order valence-corrected chi connectivity index (χ1v) is 13.3. The van der Waals surface area contributed by atoms with Crippen LogP contribution >= 0.6 is 0 Å². The second-order valence-electron chi connectivity index (χ2n) is 10.6. The minimum Gasteiger partial charge on any atom is -0.388 e. The number of imide groups is 2. The third-order valence-electron chi connectivity index (χ3n) is 7.87. The molecule has 0 radical (unpaired) electrons. The van der Waals surface area contributed by atoms with Crippen molar-refractivity contribution in [3.8, 4) is 0 Å². The molecule has 11 heteroatoms. The molecule has 0 spiro atoms. The Morgan fingerprint density at radius 1 is 1.08 bits per heavy atom. The lowest BCUT2D eigenvalue weighted by Gasteiger charge is -2.36. The number of hydrogen-bond acceptors (Lipinski definition) is 9. The monoisotopic (exact) mass is 527 g/mol. The van der Waals surface area contributed by atoms with Crippen molar-refractivity contribution in [1.29, 1.82) is 5.41 Å². The van der Waals surface area contributed by atoms with Crippen molar-refractivity contribution in [3.05, 3.63) is 59.8 Å². The fourth-order valence-corrected chi connectivity index (χ4v) is 5.41. The Labute approximate surface area is 225 Å². The van der Waals surface area contributed by atoms with Gasteiger partial charge in [-0.1, -0.05) is 0 Å². The SMILES string of the molecule is N=C(/C(=C\N[C@H]1C[C@H](CNc2ccc3c(c2)C(=O)N(C2CCC(=O)NC2=O)C3=O)C1)c1ccncn1)C1CC1. The standard InChI is InChI=1S/C28H29N7O4/c29-25(16-1-2-16)21(22-7-8-30-14-33-22)13-32-18-9-15(10-18)12-31-17-3-4-19-20(11-17)28(39)35(27(19)38)23-5-6-24(36)34-26(23)37/h3-4,7-8,11,13-16,18,23,29,31-32H,1-2,5-6,9-10,12H2,(H,34,36,37)/b21-13-,29-25?/t15-,18-,23?. The second-order valence-corrected chi connectivity index (χ2v) is 10.6. The van der Waals surface area contributed by atoms with E-state index in [-0.39, 0.29) is 24.0 Å². The van der Waals surface area contributed by atoms with Crippen molar-refractivity contribution in [2.24, 2.45) is 11.8 Å². The zero-order valence-corrected chi connectivity index (χ0v) is 21.3. The fraction of sp³-hybridized carbons (Fsp3) is 0.393. The number of nitrogens with zero attached hydrogens (tertiary/aromatic N) is 3. The molecule has 6 rings (SSSR count). The van der Waals surface area contributed by atoms with Gasteiger partial charge in [0, 0.05) is 54.3 Å². The van der Waals surface area contributed by atoms with E-state index in [0.717, 1.165) is 54.1 Å². The summed E-state index contributed by atoms with van der Waals surface area (Å²) >= 11 is 0. The van der Waals surface area contributed by atoms with E-state index in [1.807, 2.05) is 12.3 Å². The van der Waals surface area contributed by atoms with Gasteiger partial charge in [-0.05, 0) is 62.3 Å². The highest BCUT2D eigenvalue weighted by molar-refractivity contribution is 6.24. The van der Waals surface area contributed by atoms with Gasteiger partial charge in [0.1, 0.15) is 12.4 Å². The molecule has 1 aromatic carbocycles. The van der Waals surface area contributed by atoms with Gasteiger partial charge in [-0.3, -0.25) is 29.4 Å². The summed E-state index contributed by atoms with van der Waals surface area (Å²) in [7, 11) is 0. The first-order valence-electron chi connectivity index (χ1n) is 13.3. The lowest BCUT2D eigenvalue weighted by atomic mass is 9.80. The molecule has 1 aromatic heterocycles. The number of piperidine rings is 1. The molecule has 1 atom stereocenters. The molecule has 2 aliphatic carbocycles. The van der Waals surface area contributed by atoms with Crippen LogP contribution in [0.3, 0.4) is 0 Å². The molecule has 4 N–H and O–H groups in total. The van der Waals surface area contributed by atoms with Gasteiger partial charge in [-0.25, -0.2) is 9.97 Å². The van der Waals surface area contributed by atoms with Gasteiger partial charge in [0.25, 0.3) is 11.8 Å². The van der Waals surface area contributed by atoms with Gasteiger partial charge >= 0.3 is 0 Å². The maximum absolute atomic E-state index is 13.0. The summed E-state index contributed by atoms with van der Waals surface area (Å²) in [5.41, 5.74) is 3.48. The predicted molar refractivity (Wildman–Crippen MR) is 142 cm³/mol. The topological polar surface area (TPSA) is 157 Å². The number of amides is 4. The molecule has 11 nitrogen and oxygen atoms in total. The van der Waals surface area contributed by atoms with Gasteiger partial charge in [0.15, 0.2) is 0 Å². The number of benzene rings is 1. The minimum atomic E-state index is -0.970. The highest BCUT2D eigenvalue weighted by Crippen LogP contribution is 2.35. The van der Waals surface area contributed by atoms with Crippen LogP contribution in [0.5, 0.6) is 0 Å². The van der Waals surface area contributed by atoms with Crippen LogP contribution in [-0.2, 0) is 9.59 Å². The van der Waals surface area contributed by atoms with Gasteiger partial charge in [0.05, 0.1) is 16.8 Å². The largest absolute Gasteiger partial charge is 0.388 e. The van der Waals surface area contributed by atoms with Crippen LogP contribution in [0.15, 0.2) is 43.0 Å². The summed E-state index contributed by atoms with van der Waals surface area (Å²) in [6.07, 6.45) is 9.37. The zero-order valence-electron chi connectivity index (χ0n) is 21.3. The van der Waals surface area contributed by atoms with E-state index >= 15 is 0 Å². The quantitative estimate of drug-likeness (QED) is 0.285. The molecule has 4 amide bonds. The Balaban J connectivity index is 1.03. The summed E-state index contributed by atoms with van der Waals surface area (Å²) in [6, 6.07) is 6.22. The third-order valence-corrected chi connectivity index (χ3v) is 7.87. The van der Waals surface area contributed by atoms with Gasteiger partial charge < -0.3 is 16.0 Å². The fourth-order valence-electron chi connectivity index (χ4n) is 5.41. The smallest absolute Gasteiger partial charge is 0.262 e. The number of aromatic nitrogens is 2. The Hall–Kier alpha value is -4.41. The molecule has 3 heterocycles. The summed E-state index contributed by atoms with van der Waals surface area (Å²) in [4.78, 5) is 58.9. The van der Waals surface area contributed by atoms with Crippen molar-refractivity contribution in [2.75, 3.05) is 11.9 Å². The van der Waals surface area contributed by atoms with Gasteiger partial charge in [-0.15, -0.1) is 0 Å². The molecule has 4 aliphatic rings. The summed E-state index contributed by atoms with van der Waals surface area (Å²) in [5, 5.41) is 17.6. The van der Waals surface area contributed by atoms with Crippen LogP contribution in [0, 0.1) is 17.2 Å². The molecular weight excluding hydrogens is 498 g/mol. The van der Waals surface area contributed by atoms with Gasteiger partial charge in [-0.2, -0.15) is 0 Å². The third kappa shape index (κ3) is 4.91. The average molecular weight is 528 g/mol. The van der Waals surface area contributed by atoms with Crippen LogP contribution in [0.2, 0.25) is 0 Å². The van der Waals surface area contributed by atoms with E-state index in [4.69, 9.17) is 5.41 Å². The maximum Gasteiger partial charge on any atom is 0.262 e. The van der Waals surface area contributed by atoms with E-state index in [1.165, 1.54) is 6.33 Å². The summed E-state index contributed by atoms with van der Waals surface area (Å²) in [6.45, 7) is 0.719. The Morgan fingerprint density at radius 2 is 1.87 bits per heavy atom. The van der Waals surface area contributed by atoms with E-state index in [0.29, 0.717) is 23.6 Å². The van der Waals surface area contributed by atoms with Gasteiger partial charge in [0.2, 0.25) is 11.8 Å². The zero-order chi connectivity index (χ0) is 27.1. The van der Waals surface area contributed by atoms with Crippen LogP contribution in [0.4, 0.5) is 5.69 Å². The van der Waals surface area contributed by atoms with E-state index in [2.05, 4.69) is 25.9 Å². The number of carbonyl (C=O) groups excluding carboxylic acids is 4. The molecule has 1 unspecified atom stereocenters. The average Bonchev–Trinajstić information content (AvgIpc) is 3.73. The van der Waals surface area contributed by atoms with Crippen LogP contribution in [0.25, 0.3) is 5.57 Å². The second kappa shape index (κ2) is 10.0. The summed E-state index contributed by atoms with van der Waals surface area (Å²) < 4.78 is 0. The van der Waals surface area contributed by atoms with Crippen LogP contribution in [0.1, 0.15) is 64.9 Å². The predicted octanol–water partition coefficient (Wildman–Crippen LogP) is 2.13. The highest BCUT2D eigenvalue weighted by atomic mass is 16.2. The number of anilines is 1. The molecule has 2 aliphatic heterocycles. The number of nitrogens with one attached hydrogen (secondary N) is 4. The van der Waals surface area contributed by atoms with E-state index in [1.54, 1.807) is 24.4 Å². The van der Waals surface area contributed by atoms with Crippen molar-refractivity contribution in [3.63, 3.8) is 0 Å². The van der Waals surface area contributed by atoms with Crippen LogP contribution in [-0.4, -0.2) is 62.8 Å². The molecule has 200 valence electrons. The molecule has 2 aromatic rings. The molecular formula is C28H29N7O4. The first kappa shape index (κ1) is 24.9. The molecule has 39 heavy (non-hydrogen) atoms. The highest BCUT2D eigenvalue weighted by Gasteiger charge is 2.44. The van der Waals surface area contributed by atoms with Crippen molar-refractivity contribution in [2.45, 2.75) is 50.6 Å². The van der Waals surface area contributed by atoms with Crippen molar-refractivity contribution in [1.82, 2.24) is 25.5 Å². The Kier molecular flexibility index (Phi) is 6.41. The van der Waals surface area contributed by atoms with E-state index in [9.17, 15) is 19.2 Å². The van der Waals surface area contributed by atoms with Crippen LogP contribution < -0.4 is 16.0 Å². The normalized spacial score (nSPS) is 24.7. The lowest BCUT2D eigenvalue weighted by Crippen LogP contribution is -2.54. The summed E-state index contributed by atoms with van der Waals surface area (Å²) in [5.74, 6) is -1.27. The Morgan fingerprint density at radius 3 is 2.59 bits per heavy atom. The van der Waals surface area contributed by atoms with Crippen molar-refractivity contribution < 1.29 is 19.2 Å². The molecule has 0 bridgehead atoms. The number of rotatable bonds is 9. The molecule has 1 saturated heterocycles. The van der Waals surface area contributed by atoms with Crippen molar-refractivity contribution >= 4 is 40.6 Å². The number of carbonyl (C=O) groups is 4. The number of allylic oxidation sites excluding steroid dienone is 1. The molecule has 2 saturated carbocycles. The Bertz CT molecular complexity index is 1400. The first-order chi connectivity index (χ1) is 18.9. The van der Waals surface area contributed by atoms with E-state index < -0.39 is 29.7 Å². The number of fused-ring (bicyclic) bond motifs is 1. The minimum absolute atomic E-state index is 0.0919. The molecule has 3 fully saturated rings. The maximum atomic E-state index is 13.0. The number of hydrogen-bond donors (Lipinski definition) is 4.